The van der Waals surface area contributed by atoms with Crippen LogP contribution in [-0.4, -0.2) is 28.0 Å². The monoisotopic (exact) mass is 366 g/mol. The fourth-order valence-corrected chi connectivity index (χ4v) is 4.61. The van der Waals surface area contributed by atoms with Gasteiger partial charge in [-0.2, -0.15) is 5.10 Å². The first-order valence-electron chi connectivity index (χ1n) is 8.40. The number of thioether (sulfide) groups is 1. The molecule has 0 saturated heterocycles. The largest absolute Gasteiger partial charge is 0.497 e. The summed E-state index contributed by atoms with van der Waals surface area (Å²) in [5.74, 6) is -0.296. The number of aromatic carboxylic acids is 1. The van der Waals surface area contributed by atoms with Crippen molar-refractivity contribution >= 4 is 17.7 Å². The van der Waals surface area contributed by atoms with Gasteiger partial charge in [0.15, 0.2) is 5.69 Å². The maximum absolute atomic E-state index is 11.9. The third-order valence-electron chi connectivity index (χ3n) is 4.53. The Balaban J connectivity index is 2.04. The lowest BCUT2D eigenvalue weighted by molar-refractivity contribution is 0.0688. The standard InChI is InChI=1S/C20H18N2O3S/c1-3-15-17-18(20(23)24)21-22(12-7-6-8-13(11-12)25-2)19(17)14-9-4-5-10-16(14)26-15/h4-11,15H,3H2,1-2H3,(H,23,24). The van der Waals surface area contributed by atoms with E-state index in [-0.39, 0.29) is 10.9 Å². The molecule has 3 aromatic rings. The number of hydrogen-bond acceptors (Lipinski definition) is 4. The van der Waals surface area contributed by atoms with Crippen molar-refractivity contribution in [1.29, 1.82) is 0 Å². The van der Waals surface area contributed by atoms with E-state index in [9.17, 15) is 9.90 Å². The molecule has 6 heteroatoms. The lowest BCUT2D eigenvalue weighted by Crippen LogP contribution is -2.08. The average Bonchev–Trinajstić information content (AvgIpc) is 3.08. The molecule has 0 aliphatic carbocycles. The highest BCUT2D eigenvalue weighted by molar-refractivity contribution is 7.99. The number of fused-ring (bicyclic) bond motifs is 3. The molecule has 1 aliphatic heterocycles. The van der Waals surface area contributed by atoms with Crippen molar-refractivity contribution in [1.82, 2.24) is 9.78 Å². The normalized spacial score (nSPS) is 15.2. The van der Waals surface area contributed by atoms with E-state index in [1.807, 2.05) is 42.5 Å². The van der Waals surface area contributed by atoms with Crippen LogP contribution in [0.5, 0.6) is 5.75 Å². The predicted octanol–water partition coefficient (Wildman–Crippen LogP) is 4.80. The predicted molar refractivity (Wildman–Crippen MR) is 101 cm³/mol. The van der Waals surface area contributed by atoms with Crippen molar-refractivity contribution in [2.45, 2.75) is 23.5 Å². The highest BCUT2D eigenvalue weighted by Gasteiger charge is 2.34. The van der Waals surface area contributed by atoms with Gasteiger partial charge >= 0.3 is 5.97 Å². The van der Waals surface area contributed by atoms with Crippen molar-refractivity contribution in [2.75, 3.05) is 7.11 Å². The number of nitrogens with zero attached hydrogens (tertiary/aromatic N) is 2. The van der Waals surface area contributed by atoms with E-state index in [0.29, 0.717) is 5.75 Å². The topological polar surface area (TPSA) is 64.3 Å². The van der Waals surface area contributed by atoms with E-state index < -0.39 is 5.97 Å². The molecule has 1 unspecified atom stereocenters. The quantitative estimate of drug-likeness (QED) is 0.718. The number of carbonyl (C=O) groups is 1. The SMILES string of the molecule is CCC1Sc2ccccc2-c2c1c(C(=O)O)nn2-c1cccc(OC)c1. The Bertz CT molecular complexity index is 996. The molecule has 0 bridgehead atoms. The molecule has 4 rings (SSSR count). The maximum Gasteiger partial charge on any atom is 0.356 e. The number of aromatic nitrogens is 2. The van der Waals surface area contributed by atoms with E-state index in [0.717, 1.165) is 33.8 Å². The highest BCUT2D eigenvalue weighted by Crippen LogP contribution is 2.51. The Kier molecular flexibility index (Phi) is 4.20. The molecule has 1 atom stereocenters. The summed E-state index contributed by atoms with van der Waals surface area (Å²) >= 11 is 1.71. The summed E-state index contributed by atoms with van der Waals surface area (Å²) < 4.78 is 7.06. The summed E-state index contributed by atoms with van der Waals surface area (Å²) in [4.78, 5) is 13.1. The lowest BCUT2D eigenvalue weighted by atomic mass is 10.00. The second-order valence-corrected chi connectivity index (χ2v) is 7.28. The first-order chi connectivity index (χ1) is 12.6. The maximum atomic E-state index is 11.9. The summed E-state index contributed by atoms with van der Waals surface area (Å²) in [6, 6.07) is 15.6. The van der Waals surface area contributed by atoms with Gasteiger partial charge in [0, 0.05) is 27.3 Å². The molecule has 26 heavy (non-hydrogen) atoms. The first-order valence-corrected chi connectivity index (χ1v) is 9.28. The fraction of sp³-hybridized carbons (Fsp3) is 0.200. The van der Waals surface area contributed by atoms with Crippen LogP contribution in [0, 0.1) is 0 Å². The summed E-state index contributed by atoms with van der Waals surface area (Å²) in [5.41, 5.74) is 3.57. The molecule has 5 nitrogen and oxygen atoms in total. The summed E-state index contributed by atoms with van der Waals surface area (Å²) in [6.07, 6.45) is 0.829. The summed E-state index contributed by atoms with van der Waals surface area (Å²) in [5, 5.41) is 14.3. The minimum Gasteiger partial charge on any atom is -0.497 e. The van der Waals surface area contributed by atoms with Crippen LogP contribution in [0.1, 0.15) is 34.6 Å². The minimum absolute atomic E-state index is 0.0605. The fourth-order valence-electron chi connectivity index (χ4n) is 3.35. The van der Waals surface area contributed by atoms with Crippen LogP contribution in [-0.2, 0) is 0 Å². The molecule has 1 aliphatic rings. The van der Waals surface area contributed by atoms with Crippen molar-refractivity contribution in [2.24, 2.45) is 0 Å². The third-order valence-corrected chi connectivity index (χ3v) is 5.99. The van der Waals surface area contributed by atoms with Gasteiger partial charge in [-0.05, 0) is 24.6 Å². The minimum atomic E-state index is -0.999. The number of hydrogen-bond donors (Lipinski definition) is 1. The Morgan fingerprint density at radius 3 is 2.81 bits per heavy atom. The summed E-state index contributed by atoms with van der Waals surface area (Å²) in [6.45, 7) is 2.07. The molecule has 0 saturated carbocycles. The van der Waals surface area contributed by atoms with Gasteiger partial charge in [0.1, 0.15) is 5.75 Å². The Morgan fingerprint density at radius 2 is 2.08 bits per heavy atom. The Hall–Kier alpha value is -2.73. The molecular weight excluding hydrogens is 348 g/mol. The number of rotatable bonds is 4. The zero-order chi connectivity index (χ0) is 18.3. The molecule has 2 aromatic carbocycles. The second-order valence-electron chi connectivity index (χ2n) is 6.04. The molecule has 0 amide bonds. The van der Waals surface area contributed by atoms with Crippen molar-refractivity contribution in [3.63, 3.8) is 0 Å². The van der Waals surface area contributed by atoms with Gasteiger partial charge in [-0.3, -0.25) is 0 Å². The van der Waals surface area contributed by atoms with Crippen LogP contribution >= 0.6 is 11.8 Å². The van der Waals surface area contributed by atoms with E-state index in [4.69, 9.17) is 4.74 Å². The number of carboxylic acid groups (broad SMARTS) is 1. The molecule has 2 heterocycles. The zero-order valence-corrected chi connectivity index (χ0v) is 15.3. The number of ether oxygens (including phenoxy) is 1. The number of carboxylic acids is 1. The van der Waals surface area contributed by atoms with E-state index >= 15 is 0 Å². The highest BCUT2D eigenvalue weighted by atomic mass is 32.2. The molecule has 0 fully saturated rings. The van der Waals surface area contributed by atoms with Crippen LogP contribution < -0.4 is 4.74 Å². The molecule has 0 radical (unpaired) electrons. The third kappa shape index (κ3) is 2.57. The van der Waals surface area contributed by atoms with Crippen LogP contribution in [0.4, 0.5) is 0 Å². The second kappa shape index (κ2) is 6.53. The van der Waals surface area contributed by atoms with Gasteiger partial charge in [0.05, 0.1) is 18.5 Å². The van der Waals surface area contributed by atoms with Crippen LogP contribution in [0.3, 0.4) is 0 Å². The van der Waals surface area contributed by atoms with Gasteiger partial charge in [-0.25, -0.2) is 9.48 Å². The number of benzene rings is 2. The molecule has 1 aromatic heterocycles. The Labute approximate surface area is 155 Å². The van der Waals surface area contributed by atoms with E-state index in [1.165, 1.54) is 0 Å². The van der Waals surface area contributed by atoms with Crippen LogP contribution in [0.15, 0.2) is 53.4 Å². The number of methoxy groups -OCH3 is 1. The molecule has 132 valence electrons. The van der Waals surface area contributed by atoms with Crippen LogP contribution in [0.25, 0.3) is 16.9 Å². The van der Waals surface area contributed by atoms with Gasteiger partial charge < -0.3 is 9.84 Å². The van der Waals surface area contributed by atoms with Crippen molar-refractivity contribution < 1.29 is 14.6 Å². The summed E-state index contributed by atoms with van der Waals surface area (Å²) in [7, 11) is 1.61. The van der Waals surface area contributed by atoms with Gasteiger partial charge in [-0.15, -0.1) is 11.8 Å². The van der Waals surface area contributed by atoms with E-state index in [2.05, 4.69) is 18.1 Å². The van der Waals surface area contributed by atoms with Crippen LogP contribution in [0.2, 0.25) is 0 Å². The smallest absolute Gasteiger partial charge is 0.356 e. The first kappa shape index (κ1) is 16.7. The average molecular weight is 366 g/mol. The van der Waals surface area contributed by atoms with E-state index in [1.54, 1.807) is 23.6 Å². The van der Waals surface area contributed by atoms with Crippen molar-refractivity contribution in [3.05, 3.63) is 59.8 Å². The Morgan fingerprint density at radius 1 is 1.27 bits per heavy atom. The lowest BCUT2D eigenvalue weighted by Gasteiger charge is -2.24. The molecular formula is C20H18N2O3S. The van der Waals surface area contributed by atoms with Gasteiger partial charge in [-0.1, -0.05) is 31.2 Å². The zero-order valence-electron chi connectivity index (χ0n) is 14.5. The van der Waals surface area contributed by atoms with Crippen molar-refractivity contribution in [3.8, 4) is 22.7 Å². The van der Waals surface area contributed by atoms with Gasteiger partial charge in [0.25, 0.3) is 0 Å². The van der Waals surface area contributed by atoms with Gasteiger partial charge in [0.2, 0.25) is 0 Å². The molecule has 1 N–H and O–H groups in total. The molecule has 0 spiro atoms.